The summed E-state index contributed by atoms with van der Waals surface area (Å²) in [6.07, 6.45) is 2.35. The normalized spacial score (nSPS) is 25.4. The average Bonchev–Trinajstić information content (AvgIpc) is 2.73. The molecule has 5 N–H and O–H groups in total. The predicted molar refractivity (Wildman–Crippen MR) is 73.6 cm³/mol. The van der Waals surface area contributed by atoms with Gasteiger partial charge in [0.25, 0.3) is 0 Å². The Morgan fingerprint density at radius 2 is 2.15 bits per heavy atom. The Hall–Kier alpha value is -2.08. The first-order chi connectivity index (χ1) is 9.34. The van der Waals surface area contributed by atoms with E-state index in [4.69, 9.17) is 10.8 Å². The lowest BCUT2D eigenvalue weighted by atomic mass is 9.84. The molecule has 1 aromatic carbocycles. The molecule has 2 unspecified atom stereocenters. The van der Waals surface area contributed by atoms with E-state index in [1.165, 1.54) is 12.1 Å². The number of anilines is 1. The van der Waals surface area contributed by atoms with Crippen molar-refractivity contribution in [2.75, 3.05) is 5.32 Å². The third-order valence-electron chi connectivity index (χ3n) is 4.03. The van der Waals surface area contributed by atoms with Gasteiger partial charge in [0, 0.05) is 6.04 Å². The van der Waals surface area contributed by atoms with Gasteiger partial charge in [-0.25, -0.2) is 4.79 Å². The largest absolute Gasteiger partial charge is 0.508 e. The summed E-state index contributed by atoms with van der Waals surface area (Å²) in [5.74, 6) is -1.66. The Labute approximate surface area is 116 Å². The van der Waals surface area contributed by atoms with Gasteiger partial charge in [0.15, 0.2) is 0 Å². The van der Waals surface area contributed by atoms with Crippen molar-refractivity contribution in [1.82, 2.24) is 0 Å². The Morgan fingerprint density at radius 1 is 1.45 bits per heavy atom. The number of aromatic carboxylic acids is 1. The molecule has 6 heteroatoms. The fourth-order valence-corrected chi connectivity index (χ4v) is 2.56. The van der Waals surface area contributed by atoms with Crippen molar-refractivity contribution in [3.63, 3.8) is 0 Å². The third-order valence-corrected chi connectivity index (χ3v) is 4.03. The predicted octanol–water partition coefficient (Wildman–Crippen LogP) is 1.55. The molecular formula is C14H18N2O4. The molecule has 1 saturated carbocycles. The first-order valence-electron chi connectivity index (χ1n) is 6.48. The maximum Gasteiger partial charge on any atom is 0.337 e. The topological polar surface area (TPSA) is 113 Å². The number of nitrogens with one attached hydrogen (secondary N) is 1. The average molecular weight is 278 g/mol. The molecule has 1 amide bonds. The van der Waals surface area contributed by atoms with Crippen LogP contribution in [0.2, 0.25) is 0 Å². The summed E-state index contributed by atoms with van der Waals surface area (Å²) in [6.45, 7) is 1.79. The van der Waals surface area contributed by atoms with Gasteiger partial charge < -0.3 is 21.3 Å². The lowest BCUT2D eigenvalue weighted by Gasteiger charge is -2.27. The number of carbonyl (C=O) groups excluding carboxylic acids is 1. The molecule has 0 radical (unpaired) electrons. The number of benzene rings is 1. The second-order valence-corrected chi connectivity index (χ2v) is 5.41. The lowest BCUT2D eigenvalue weighted by molar-refractivity contribution is -0.125. The van der Waals surface area contributed by atoms with Gasteiger partial charge in [-0.1, -0.05) is 6.42 Å². The van der Waals surface area contributed by atoms with Gasteiger partial charge in [-0.05, 0) is 38.0 Å². The number of hydrogen-bond donors (Lipinski definition) is 4. The fourth-order valence-electron chi connectivity index (χ4n) is 2.56. The Bertz CT molecular complexity index is 558. The summed E-state index contributed by atoms with van der Waals surface area (Å²) in [5.41, 5.74) is 5.31. The number of rotatable bonds is 3. The quantitative estimate of drug-likeness (QED) is 0.626. The molecule has 1 aromatic rings. The van der Waals surface area contributed by atoms with Crippen LogP contribution in [-0.2, 0) is 4.79 Å². The molecule has 2 rings (SSSR count). The number of carboxylic acids is 1. The molecule has 108 valence electrons. The van der Waals surface area contributed by atoms with Gasteiger partial charge in [0.05, 0.1) is 16.7 Å². The maximum atomic E-state index is 12.4. The molecule has 1 aliphatic rings. The van der Waals surface area contributed by atoms with Crippen LogP contribution in [0.15, 0.2) is 18.2 Å². The highest BCUT2D eigenvalue weighted by molar-refractivity contribution is 6.02. The highest BCUT2D eigenvalue weighted by Crippen LogP contribution is 2.38. The van der Waals surface area contributed by atoms with E-state index in [0.29, 0.717) is 6.42 Å². The summed E-state index contributed by atoms with van der Waals surface area (Å²) in [6, 6.07) is 3.59. The number of carbonyl (C=O) groups is 2. The monoisotopic (exact) mass is 278 g/mol. The summed E-state index contributed by atoms with van der Waals surface area (Å²) < 4.78 is 0. The minimum Gasteiger partial charge on any atom is -0.508 e. The number of carboxylic acid groups (broad SMARTS) is 1. The van der Waals surface area contributed by atoms with Gasteiger partial charge in [-0.15, -0.1) is 0 Å². The molecule has 6 nitrogen and oxygen atoms in total. The first kappa shape index (κ1) is 14.3. The van der Waals surface area contributed by atoms with Crippen LogP contribution >= 0.6 is 0 Å². The van der Waals surface area contributed by atoms with Crippen LogP contribution in [0.3, 0.4) is 0 Å². The van der Waals surface area contributed by atoms with Crippen LogP contribution in [0.1, 0.15) is 36.5 Å². The molecule has 2 atom stereocenters. The molecule has 0 heterocycles. The smallest absolute Gasteiger partial charge is 0.337 e. The van der Waals surface area contributed by atoms with E-state index >= 15 is 0 Å². The third kappa shape index (κ3) is 2.46. The molecule has 0 aliphatic heterocycles. The number of nitrogens with two attached hydrogens (primary N) is 1. The van der Waals surface area contributed by atoms with Crippen molar-refractivity contribution < 1.29 is 19.8 Å². The molecule has 1 fully saturated rings. The zero-order valence-corrected chi connectivity index (χ0v) is 11.2. The van der Waals surface area contributed by atoms with Crippen LogP contribution in [0, 0.1) is 5.41 Å². The molecule has 20 heavy (non-hydrogen) atoms. The zero-order valence-electron chi connectivity index (χ0n) is 11.2. The molecule has 0 spiro atoms. The van der Waals surface area contributed by atoms with Crippen molar-refractivity contribution >= 4 is 17.6 Å². The maximum absolute atomic E-state index is 12.4. The highest BCUT2D eigenvalue weighted by atomic mass is 16.4. The van der Waals surface area contributed by atoms with Crippen molar-refractivity contribution in [2.45, 2.75) is 32.2 Å². The van der Waals surface area contributed by atoms with Crippen LogP contribution in [0.5, 0.6) is 5.75 Å². The van der Waals surface area contributed by atoms with Crippen molar-refractivity contribution in [3.05, 3.63) is 23.8 Å². The van der Waals surface area contributed by atoms with E-state index in [1.807, 2.05) is 0 Å². The van der Waals surface area contributed by atoms with Crippen LogP contribution in [0.25, 0.3) is 0 Å². The van der Waals surface area contributed by atoms with E-state index in [1.54, 1.807) is 6.92 Å². The van der Waals surface area contributed by atoms with Gasteiger partial charge >= 0.3 is 5.97 Å². The Balaban J connectivity index is 2.26. The summed E-state index contributed by atoms with van der Waals surface area (Å²) in [5, 5.41) is 21.0. The number of phenolic OH excluding ortho intramolecular Hbond substituents is 1. The van der Waals surface area contributed by atoms with Crippen LogP contribution in [0.4, 0.5) is 5.69 Å². The Kier molecular flexibility index (Phi) is 3.67. The van der Waals surface area contributed by atoms with E-state index < -0.39 is 11.4 Å². The summed E-state index contributed by atoms with van der Waals surface area (Å²) in [7, 11) is 0. The molecule has 0 bridgehead atoms. The standard InChI is InChI=1S/C14H18N2O4/c1-14(6-2-3-11(14)15)13(20)16-10-5-4-8(17)7-9(10)12(18)19/h4-5,7,11,17H,2-3,6,15H2,1H3,(H,16,20)(H,18,19). The first-order valence-corrected chi connectivity index (χ1v) is 6.48. The summed E-state index contributed by atoms with van der Waals surface area (Å²) >= 11 is 0. The minimum atomic E-state index is -1.21. The van der Waals surface area contributed by atoms with Crippen LogP contribution in [-0.4, -0.2) is 28.1 Å². The number of hydrogen-bond acceptors (Lipinski definition) is 4. The second kappa shape index (κ2) is 5.13. The lowest BCUT2D eigenvalue weighted by Crippen LogP contribution is -2.44. The molecule has 1 aliphatic carbocycles. The molecule has 0 saturated heterocycles. The fraction of sp³-hybridized carbons (Fsp3) is 0.429. The van der Waals surface area contributed by atoms with Crippen LogP contribution < -0.4 is 11.1 Å². The van der Waals surface area contributed by atoms with Gasteiger partial charge in [0.2, 0.25) is 5.91 Å². The number of aromatic hydroxyl groups is 1. The van der Waals surface area contributed by atoms with Crippen molar-refractivity contribution in [3.8, 4) is 5.75 Å². The molecular weight excluding hydrogens is 260 g/mol. The SMILES string of the molecule is CC1(C(=O)Nc2ccc(O)cc2C(=O)O)CCCC1N. The van der Waals surface area contributed by atoms with E-state index in [-0.39, 0.29) is 28.9 Å². The van der Waals surface area contributed by atoms with Gasteiger partial charge in [0.1, 0.15) is 5.75 Å². The zero-order chi connectivity index (χ0) is 14.9. The number of amides is 1. The van der Waals surface area contributed by atoms with E-state index in [2.05, 4.69) is 5.32 Å². The molecule has 0 aromatic heterocycles. The summed E-state index contributed by atoms with van der Waals surface area (Å²) in [4.78, 5) is 23.5. The van der Waals surface area contributed by atoms with E-state index in [9.17, 15) is 14.7 Å². The van der Waals surface area contributed by atoms with E-state index in [0.717, 1.165) is 18.9 Å². The second-order valence-electron chi connectivity index (χ2n) is 5.41. The Morgan fingerprint density at radius 3 is 2.70 bits per heavy atom. The van der Waals surface area contributed by atoms with Gasteiger partial charge in [-0.3, -0.25) is 4.79 Å². The highest BCUT2D eigenvalue weighted by Gasteiger charge is 2.43. The number of phenols is 1. The minimum absolute atomic E-state index is 0.145. The van der Waals surface area contributed by atoms with Crippen molar-refractivity contribution in [2.24, 2.45) is 11.1 Å². The van der Waals surface area contributed by atoms with Crippen molar-refractivity contribution in [1.29, 1.82) is 0 Å². The van der Waals surface area contributed by atoms with Gasteiger partial charge in [-0.2, -0.15) is 0 Å².